The quantitative estimate of drug-likeness (QED) is 0.257. The van der Waals surface area contributed by atoms with Gasteiger partial charge in [0.25, 0.3) is 0 Å². The van der Waals surface area contributed by atoms with Crippen molar-refractivity contribution in [3.63, 3.8) is 0 Å². The number of aliphatic carboxylic acids is 1. The molecule has 0 aliphatic rings. The average Bonchev–Trinajstić information content (AvgIpc) is 2.94. The summed E-state index contributed by atoms with van der Waals surface area (Å²) < 4.78 is 15.7. The number of carboxylic acids is 1. The van der Waals surface area contributed by atoms with Crippen LogP contribution < -0.4 is 4.74 Å². The maximum atomic E-state index is 13.0. The van der Waals surface area contributed by atoms with Crippen molar-refractivity contribution in [2.45, 2.75) is 39.3 Å². The maximum Gasteiger partial charge on any atom is 0.341 e. The van der Waals surface area contributed by atoms with E-state index in [-0.39, 0.29) is 12.5 Å². The van der Waals surface area contributed by atoms with Crippen molar-refractivity contribution in [2.75, 3.05) is 33.5 Å². The van der Waals surface area contributed by atoms with Crippen molar-refractivity contribution in [3.8, 4) is 16.9 Å². The van der Waals surface area contributed by atoms with Gasteiger partial charge in [0.1, 0.15) is 12.4 Å². The molecule has 0 bridgehead atoms. The largest absolute Gasteiger partial charge is 0.482 e. The molecule has 38 heavy (non-hydrogen) atoms. The lowest BCUT2D eigenvalue weighted by atomic mass is 10.0. The second-order valence-corrected chi connectivity index (χ2v) is 9.12. The molecule has 0 fully saturated rings. The number of amides is 1. The molecule has 0 aliphatic carbocycles. The highest BCUT2D eigenvalue weighted by molar-refractivity contribution is 5.77. The smallest absolute Gasteiger partial charge is 0.341 e. The van der Waals surface area contributed by atoms with Gasteiger partial charge in [0.15, 0.2) is 6.61 Å². The Balaban J connectivity index is 1.67. The minimum Gasteiger partial charge on any atom is -0.482 e. The summed E-state index contributed by atoms with van der Waals surface area (Å²) >= 11 is 0. The van der Waals surface area contributed by atoms with Gasteiger partial charge in [-0.15, -0.1) is 0 Å². The highest BCUT2D eigenvalue weighted by Gasteiger charge is 2.16. The zero-order chi connectivity index (χ0) is 27.2. The van der Waals surface area contributed by atoms with Crippen molar-refractivity contribution < 1.29 is 28.9 Å². The van der Waals surface area contributed by atoms with E-state index in [1.807, 2.05) is 12.1 Å². The van der Waals surface area contributed by atoms with Crippen molar-refractivity contribution in [2.24, 2.45) is 0 Å². The molecule has 0 heterocycles. The molecule has 3 rings (SSSR count). The molecular formula is C31H37NO6. The minimum atomic E-state index is -1.03. The third kappa shape index (κ3) is 9.65. The number of carbonyl (C=O) groups is 2. The fourth-order valence-electron chi connectivity index (χ4n) is 3.95. The first-order valence-corrected chi connectivity index (χ1v) is 12.9. The number of unbranched alkanes of at least 4 members (excludes halogenated alkanes) is 1. The first kappa shape index (κ1) is 28.9. The Bertz CT molecular complexity index is 1130. The Morgan fingerprint density at radius 1 is 0.763 bits per heavy atom. The van der Waals surface area contributed by atoms with E-state index in [0.29, 0.717) is 32.1 Å². The SMILES string of the molecule is CCCCc1ccc(-c2ccc(CN(Cc3ccc(OCC(=O)O)cc3)C(=O)COCCOC)cc2)cc1. The Morgan fingerprint density at radius 3 is 1.84 bits per heavy atom. The second-order valence-electron chi connectivity index (χ2n) is 9.12. The third-order valence-electron chi connectivity index (χ3n) is 6.10. The van der Waals surface area contributed by atoms with Gasteiger partial charge < -0.3 is 24.2 Å². The van der Waals surface area contributed by atoms with E-state index in [1.54, 1.807) is 24.1 Å². The van der Waals surface area contributed by atoms with Gasteiger partial charge in [-0.05, 0) is 52.8 Å². The molecule has 1 N–H and O–H groups in total. The van der Waals surface area contributed by atoms with Crippen LogP contribution >= 0.6 is 0 Å². The highest BCUT2D eigenvalue weighted by atomic mass is 16.5. The number of carboxylic acid groups (broad SMARTS) is 1. The van der Waals surface area contributed by atoms with Gasteiger partial charge in [0.05, 0.1) is 13.2 Å². The van der Waals surface area contributed by atoms with E-state index in [1.165, 1.54) is 24.0 Å². The molecule has 7 heteroatoms. The third-order valence-corrected chi connectivity index (χ3v) is 6.10. The Labute approximate surface area is 225 Å². The summed E-state index contributed by atoms with van der Waals surface area (Å²) in [6.45, 7) is 3.35. The molecule has 0 saturated carbocycles. The number of carbonyl (C=O) groups excluding carboxylic acids is 1. The van der Waals surface area contributed by atoms with Crippen LogP contribution in [0.4, 0.5) is 0 Å². The van der Waals surface area contributed by atoms with E-state index >= 15 is 0 Å². The highest BCUT2D eigenvalue weighted by Crippen LogP contribution is 2.22. The van der Waals surface area contributed by atoms with E-state index < -0.39 is 12.6 Å². The molecule has 0 saturated heterocycles. The van der Waals surface area contributed by atoms with Gasteiger partial charge in [-0.1, -0.05) is 74.0 Å². The van der Waals surface area contributed by atoms with Crippen LogP contribution in [-0.4, -0.2) is 55.4 Å². The van der Waals surface area contributed by atoms with Crippen LogP contribution in [0.2, 0.25) is 0 Å². The molecule has 0 unspecified atom stereocenters. The molecule has 7 nitrogen and oxygen atoms in total. The molecule has 1 amide bonds. The zero-order valence-electron chi connectivity index (χ0n) is 22.2. The van der Waals surface area contributed by atoms with Crippen LogP contribution in [0.3, 0.4) is 0 Å². The molecule has 0 aliphatic heterocycles. The lowest BCUT2D eigenvalue weighted by Gasteiger charge is -2.23. The number of rotatable bonds is 16. The predicted molar refractivity (Wildman–Crippen MR) is 147 cm³/mol. The van der Waals surface area contributed by atoms with Gasteiger partial charge in [-0.25, -0.2) is 4.79 Å². The standard InChI is InChI=1S/C31H37NO6/c1-3-4-5-24-6-12-27(13-7-24)28-14-8-25(9-15-28)20-32(30(33)22-37-19-18-36-2)21-26-10-16-29(17-11-26)38-23-31(34)35/h6-17H,3-5,18-23H2,1-2H3,(H,34,35). The number of hydrogen-bond donors (Lipinski definition) is 1. The lowest BCUT2D eigenvalue weighted by Crippen LogP contribution is -2.33. The van der Waals surface area contributed by atoms with E-state index in [2.05, 4.69) is 55.5 Å². The van der Waals surface area contributed by atoms with Crippen molar-refractivity contribution >= 4 is 11.9 Å². The Hall–Kier alpha value is -3.68. The van der Waals surface area contributed by atoms with Gasteiger partial charge in [0, 0.05) is 20.2 Å². The number of ether oxygens (including phenoxy) is 3. The first-order chi connectivity index (χ1) is 18.5. The molecule has 0 atom stereocenters. The molecule has 0 spiro atoms. The summed E-state index contributed by atoms with van der Waals surface area (Å²) in [5, 5.41) is 8.79. The Morgan fingerprint density at radius 2 is 1.32 bits per heavy atom. The lowest BCUT2D eigenvalue weighted by molar-refractivity contribution is -0.139. The predicted octanol–water partition coefficient (Wildman–Crippen LogP) is 5.35. The van der Waals surface area contributed by atoms with Gasteiger partial charge >= 0.3 is 5.97 Å². The monoisotopic (exact) mass is 519 g/mol. The molecule has 3 aromatic carbocycles. The van der Waals surface area contributed by atoms with Crippen LogP contribution in [0.15, 0.2) is 72.8 Å². The van der Waals surface area contributed by atoms with Gasteiger partial charge in [-0.3, -0.25) is 4.79 Å². The summed E-state index contributed by atoms with van der Waals surface area (Å²) in [4.78, 5) is 25.5. The van der Waals surface area contributed by atoms with Crippen LogP contribution in [0, 0.1) is 0 Å². The summed E-state index contributed by atoms with van der Waals surface area (Å²) in [5.41, 5.74) is 5.57. The number of benzene rings is 3. The molecule has 3 aromatic rings. The zero-order valence-corrected chi connectivity index (χ0v) is 22.2. The van der Waals surface area contributed by atoms with E-state index in [9.17, 15) is 9.59 Å². The summed E-state index contributed by atoms with van der Waals surface area (Å²) in [5.74, 6) is -0.695. The fourth-order valence-corrected chi connectivity index (χ4v) is 3.95. The normalized spacial score (nSPS) is 10.8. The molecular weight excluding hydrogens is 482 g/mol. The summed E-state index contributed by atoms with van der Waals surface area (Å²) in [7, 11) is 1.59. The van der Waals surface area contributed by atoms with Crippen LogP contribution in [0.5, 0.6) is 5.75 Å². The number of hydrogen-bond acceptors (Lipinski definition) is 5. The summed E-state index contributed by atoms with van der Waals surface area (Å²) in [6, 6.07) is 24.1. The Kier molecular flexibility index (Phi) is 11.8. The van der Waals surface area contributed by atoms with Crippen molar-refractivity contribution in [1.29, 1.82) is 0 Å². The number of nitrogens with zero attached hydrogens (tertiary/aromatic N) is 1. The van der Waals surface area contributed by atoms with Gasteiger partial charge in [-0.2, -0.15) is 0 Å². The van der Waals surface area contributed by atoms with Crippen molar-refractivity contribution in [3.05, 3.63) is 89.5 Å². The number of methoxy groups -OCH3 is 1. The summed E-state index contributed by atoms with van der Waals surface area (Å²) in [6.07, 6.45) is 3.49. The average molecular weight is 520 g/mol. The van der Waals surface area contributed by atoms with Crippen LogP contribution in [0.25, 0.3) is 11.1 Å². The molecule has 202 valence electrons. The molecule has 0 radical (unpaired) electrons. The minimum absolute atomic E-state index is 0.0361. The van der Waals surface area contributed by atoms with Crippen LogP contribution in [-0.2, 0) is 38.6 Å². The second kappa shape index (κ2) is 15.5. The van der Waals surface area contributed by atoms with Crippen LogP contribution in [0.1, 0.15) is 36.5 Å². The van der Waals surface area contributed by atoms with Gasteiger partial charge in [0.2, 0.25) is 5.91 Å². The first-order valence-electron chi connectivity index (χ1n) is 12.9. The fraction of sp³-hybridized carbons (Fsp3) is 0.355. The van der Waals surface area contributed by atoms with E-state index in [4.69, 9.17) is 19.3 Å². The van der Waals surface area contributed by atoms with E-state index in [0.717, 1.165) is 23.1 Å². The topological polar surface area (TPSA) is 85.3 Å². The number of aryl methyl sites for hydroxylation is 1. The van der Waals surface area contributed by atoms with Crippen molar-refractivity contribution in [1.82, 2.24) is 4.90 Å². The maximum absolute atomic E-state index is 13.0. The molecule has 0 aromatic heterocycles.